The average Bonchev–Trinajstić information content (AvgIpc) is 3.57. The van der Waals surface area contributed by atoms with Crippen LogP contribution in [0.2, 0.25) is 0 Å². The van der Waals surface area contributed by atoms with E-state index < -0.39 is 0 Å². The highest BCUT2D eigenvalue weighted by Crippen LogP contribution is 2.34. The number of ether oxygens (including phenoxy) is 2. The van der Waals surface area contributed by atoms with Gasteiger partial charge in [0.25, 0.3) is 5.22 Å². The predicted molar refractivity (Wildman–Crippen MR) is 113 cm³/mol. The minimum atomic E-state index is -0.169. The molecule has 0 radical (unpaired) electrons. The van der Waals surface area contributed by atoms with Crippen molar-refractivity contribution in [3.8, 4) is 23.0 Å². The van der Waals surface area contributed by atoms with Crippen molar-refractivity contribution < 1.29 is 23.2 Å². The zero-order valence-corrected chi connectivity index (χ0v) is 17.5. The van der Waals surface area contributed by atoms with Crippen molar-refractivity contribution in [2.24, 2.45) is 0 Å². The number of rotatable bonds is 8. The van der Waals surface area contributed by atoms with Gasteiger partial charge in [0.2, 0.25) is 24.5 Å². The number of hydrogen-bond donors (Lipinski definition) is 1. The molecular weight excluding hydrogens is 434 g/mol. The van der Waals surface area contributed by atoms with Crippen LogP contribution in [-0.4, -0.2) is 33.0 Å². The number of aryl methyl sites for hydroxylation is 1. The third-order valence-electron chi connectivity index (χ3n) is 4.48. The zero-order chi connectivity index (χ0) is 21.8. The quantitative estimate of drug-likeness (QED) is 0.396. The highest BCUT2D eigenvalue weighted by Gasteiger charge is 2.15. The van der Waals surface area contributed by atoms with Crippen molar-refractivity contribution in [1.29, 1.82) is 0 Å². The summed E-state index contributed by atoms with van der Waals surface area (Å²) < 4.78 is 21.4. The third-order valence-corrected chi connectivity index (χ3v) is 5.30. The lowest BCUT2D eigenvalue weighted by atomic mass is 10.2. The Hall–Kier alpha value is -3.86. The molecule has 2 aromatic carbocycles. The Morgan fingerprint density at radius 1 is 1.06 bits per heavy atom. The molecule has 0 saturated carbocycles. The summed E-state index contributed by atoms with van der Waals surface area (Å²) in [6.07, 6.45) is 0.528. The number of hydrogen-bond acceptors (Lipinski definition) is 10. The van der Waals surface area contributed by atoms with E-state index in [1.165, 1.54) is 11.8 Å². The van der Waals surface area contributed by atoms with Crippen molar-refractivity contribution in [2.45, 2.75) is 23.8 Å². The van der Waals surface area contributed by atoms with Crippen molar-refractivity contribution >= 4 is 23.4 Å². The Balaban J connectivity index is 1.10. The first-order chi connectivity index (χ1) is 15.7. The number of thioether (sulfide) groups is 1. The maximum atomic E-state index is 12.2. The topological polar surface area (TPSA) is 125 Å². The first-order valence-corrected chi connectivity index (χ1v) is 10.7. The molecule has 4 aromatic rings. The van der Waals surface area contributed by atoms with Crippen LogP contribution >= 0.6 is 11.8 Å². The van der Waals surface area contributed by atoms with Crippen LogP contribution in [0.1, 0.15) is 18.1 Å². The molecule has 1 aliphatic heterocycles. The molecule has 1 amide bonds. The molecule has 1 aliphatic rings. The van der Waals surface area contributed by atoms with E-state index in [0.29, 0.717) is 52.2 Å². The molecule has 0 fully saturated rings. The number of carbonyl (C=O) groups excluding carboxylic acids is 1. The van der Waals surface area contributed by atoms with Gasteiger partial charge in [-0.05, 0) is 24.3 Å². The minimum Gasteiger partial charge on any atom is -0.454 e. The lowest BCUT2D eigenvalue weighted by Crippen LogP contribution is -2.12. The number of amides is 1. The summed E-state index contributed by atoms with van der Waals surface area (Å²) in [5.41, 5.74) is 1.49. The summed E-state index contributed by atoms with van der Waals surface area (Å²) in [5, 5.41) is 15.2. The first kappa shape index (κ1) is 20.1. The highest BCUT2D eigenvalue weighted by atomic mass is 32.2. The summed E-state index contributed by atoms with van der Waals surface area (Å²) in [4.78, 5) is 16.5. The van der Waals surface area contributed by atoms with E-state index in [9.17, 15) is 4.79 Å². The molecule has 0 spiro atoms. The van der Waals surface area contributed by atoms with Crippen molar-refractivity contribution in [2.75, 3.05) is 12.1 Å². The summed E-state index contributed by atoms with van der Waals surface area (Å²) in [7, 11) is 0. The van der Waals surface area contributed by atoms with Crippen LogP contribution in [0, 0.1) is 0 Å². The van der Waals surface area contributed by atoms with Gasteiger partial charge in [-0.15, -0.1) is 10.2 Å². The van der Waals surface area contributed by atoms with Gasteiger partial charge in [0.05, 0.1) is 5.75 Å². The number of benzene rings is 2. The Morgan fingerprint density at radius 2 is 1.94 bits per heavy atom. The number of anilines is 1. The summed E-state index contributed by atoms with van der Waals surface area (Å²) >= 11 is 1.31. The molecule has 2 aromatic heterocycles. The number of nitrogens with one attached hydrogen (secondary N) is 1. The van der Waals surface area contributed by atoms with Crippen LogP contribution in [0.5, 0.6) is 11.5 Å². The molecule has 1 N–H and O–H groups in total. The van der Waals surface area contributed by atoms with Gasteiger partial charge >= 0.3 is 0 Å². The van der Waals surface area contributed by atoms with Gasteiger partial charge in [0.15, 0.2) is 17.3 Å². The Kier molecular flexibility index (Phi) is 5.71. The lowest BCUT2D eigenvalue weighted by Gasteiger charge is -2.05. The monoisotopic (exact) mass is 451 g/mol. The standard InChI is InChI=1S/C21H17N5O5S/c27-18(22-14-6-7-15-16(10-14)29-12-28-15)8-9-19-23-17(26-31-19)11-32-21-25-24-20(30-21)13-4-2-1-3-5-13/h1-7,10H,8-9,11-12H2,(H,22,27). The van der Waals surface area contributed by atoms with Gasteiger partial charge in [-0.1, -0.05) is 35.1 Å². The Bertz CT molecular complexity index is 1230. The second-order valence-electron chi connectivity index (χ2n) is 6.75. The van der Waals surface area contributed by atoms with Crippen molar-refractivity contribution in [3.05, 3.63) is 60.2 Å². The molecule has 0 bridgehead atoms. The zero-order valence-electron chi connectivity index (χ0n) is 16.7. The fraction of sp³-hybridized carbons (Fsp3) is 0.190. The fourth-order valence-corrected chi connectivity index (χ4v) is 3.57. The van der Waals surface area contributed by atoms with E-state index in [-0.39, 0.29) is 19.1 Å². The maximum absolute atomic E-state index is 12.2. The van der Waals surface area contributed by atoms with E-state index >= 15 is 0 Å². The van der Waals surface area contributed by atoms with Gasteiger partial charge in [-0.2, -0.15) is 4.98 Å². The van der Waals surface area contributed by atoms with Gasteiger partial charge in [0, 0.05) is 30.2 Å². The average molecular weight is 451 g/mol. The molecule has 162 valence electrons. The van der Waals surface area contributed by atoms with Gasteiger partial charge in [-0.25, -0.2) is 0 Å². The molecule has 10 nitrogen and oxygen atoms in total. The van der Waals surface area contributed by atoms with E-state index in [1.54, 1.807) is 18.2 Å². The van der Waals surface area contributed by atoms with Crippen LogP contribution in [-0.2, 0) is 17.0 Å². The number of nitrogens with zero attached hydrogens (tertiary/aromatic N) is 4. The van der Waals surface area contributed by atoms with Gasteiger partial charge < -0.3 is 23.7 Å². The summed E-state index contributed by atoms with van der Waals surface area (Å²) in [5.74, 6) is 2.84. The Morgan fingerprint density at radius 3 is 2.84 bits per heavy atom. The molecule has 0 aliphatic carbocycles. The summed E-state index contributed by atoms with van der Waals surface area (Å²) in [6.45, 7) is 0.186. The SMILES string of the molecule is O=C(CCc1nc(CSc2nnc(-c3ccccc3)o2)no1)Nc1ccc2c(c1)OCO2. The molecule has 3 heterocycles. The van der Waals surface area contributed by atoms with E-state index in [4.69, 9.17) is 18.4 Å². The maximum Gasteiger partial charge on any atom is 0.277 e. The molecule has 5 rings (SSSR count). The van der Waals surface area contributed by atoms with Crippen molar-refractivity contribution in [3.63, 3.8) is 0 Å². The first-order valence-electron chi connectivity index (χ1n) is 9.75. The normalized spacial score (nSPS) is 12.1. The number of fused-ring (bicyclic) bond motifs is 1. The van der Waals surface area contributed by atoms with Crippen LogP contribution in [0.4, 0.5) is 5.69 Å². The molecule has 0 unspecified atom stereocenters. The Labute approximate surface area is 186 Å². The molecule has 0 atom stereocenters. The smallest absolute Gasteiger partial charge is 0.277 e. The minimum absolute atomic E-state index is 0.169. The van der Waals surface area contributed by atoms with Crippen LogP contribution in [0.25, 0.3) is 11.5 Å². The number of aromatic nitrogens is 4. The molecule has 11 heteroatoms. The molecule has 0 saturated heterocycles. The third kappa shape index (κ3) is 4.72. The molecule has 32 heavy (non-hydrogen) atoms. The molecular formula is C21H17N5O5S. The van der Waals surface area contributed by atoms with Gasteiger partial charge in [-0.3, -0.25) is 4.79 Å². The van der Waals surface area contributed by atoms with Crippen LogP contribution in [0.3, 0.4) is 0 Å². The second-order valence-corrected chi connectivity index (χ2v) is 7.67. The summed E-state index contributed by atoms with van der Waals surface area (Å²) in [6, 6.07) is 14.8. The van der Waals surface area contributed by atoms with Crippen molar-refractivity contribution in [1.82, 2.24) is 20.3 Å². The van der Waals surface area contributed by atoms with E-state index in [1.807, 2.05) is 30.3 Å². The van der Waals surface area contributed by atoms with Crippen LogP contribution < -0.4 is 14.8 Å². The van der Waals surface area contributed by atoms with E-state index in [2.05, 4.69) is 25.7 Å². The highest BCUT2D eigenvalue weighted by molar-refractivity contribution is 7.98. The predicted octanol–water partition coefficient (Wildman–Crippen LogP) is 3.71. The van der Waals surface area contributed by atoms with E-state index in [0.717, 1.165) is 5.56 Å². The lowest BCUT2D eigenvalue weighted by molar-refractivity contribution is -0.116. The second kappa shape index (κ2) is 9.10. The largest absolute Gasteiger partial charge is 0.454 e. The van der Waals surface area contributed by atoms with Gasteiger partial charge in [0.1, 0.15) is 0 Å². The number of carbonyl (C=O) groups is 1. The fourth-order valence-electron chi connectivity index (χ4n) is 2.96. The van der Waals surface area contributed by atoms with Crippen LogP contribution in [0.15, 0.2) is 62.7 Å².